The molecule has 12 heavy (non-hydrogen) atoms. The number of rotatable bonds is 8. The number of hydrogen-bond acceptors (Lipinski definition) is 2. The molecule has 0 spiro atoms. The summed E-state index contributed by atoms with van der Waals surface area (Å²) in [6, 6.07) is 0.552. The highest BCUT2D eigenvalue weighted by atomic mass is 15.2. The second kappa shape index (κ2) is 9.01. The van der Waals surface area contributed by atoms with Crippen molar-refractivity contribution in [2.45, 2.75) is 64.8 Å². The van der Waals surface area contributed by atoms with Gasteiger partial charge in [0.1, 0.15) is 0 Å². The maximum atomic E-state index is 5.45. The molecular formula is C10H24N2. The van der Waals surface area contributed by atoms with Gasteiger partial charge in [-0.1, -0.05) is 46.0 Å². The van der Waals surface area contributed by atoms with Gasteiger partial charge in [-0.05, 0) is 12.8 Å². The minimum Gasteiger partial charge on any atom is -0.271 e. The molecule has 0 rings (SSSR count). The van der Waals surface area contributed by atoms with Crippen molar-refractivity contribution in [2.24, 2.45) is 5.84 Å². The van der Waals surface area contributed by atoms with Crippen LogP contribution in [0, 0.1) is 0 Å². The van der Waals surface area contributed by atoms with Crippen molar-refractivity contribution < 1.29 is 0 Å². The molecule has 0 saturated heterocycles. The smallest absolute Gasteiger partial charge is 0.0210 e. The fourth-order valence-electron chi connectivity index (χ4n) is 1.40. The summed E-state index contributed by atoms with van der Waals surface area (Å²) in [5.74, 6) is 5.45. The third kappa shape index (κ3) is 6.62. The summed E-state index contributed by atoms with van der Waals surface area (Å²) in [5.41, 5.74) is 2.90. The average molecular weight is 172 g/mol. The summed E-state index contributed by atoms with van der Waals surface area (Å²) in [6.45, 7) is 4.45. The van der Waals surface area contributed by atoms with E-state index in [1.807, 2.05) is 0 Å². The van der Waals surface area contributed by atoms with Crippen LogP contribution in [0.2, 0.25) is 0 Å². The van der Waals surface area contributed by atoms with Crippen LogP contribution in [0.4, 0.5) is 0 Å². The highest BCUT2D eigenvalue weighted by Gasteiger charge is 2.03. The van der Waals surface area contributed by atoms with Crippen LogP contribution in [0.15, 0.2) is 0 Å². The second-order valence-electron chi connectivity index (χ2n) is 3.50. The third-order valence-electron chi connectivity index (χ3n) is 2.30. The van der Waals surface area contributed by atoms with E-state index in [9.17, 15) is 0 Å². The van der Waals surface area contributed by atoms with Crippen LogP contribution in [0.3, 0.4) is 0 Å². The minimum atomic E-state index is 0.552. The zero-order valence-electron chi connectivity index (χ0n) is 8.60. The van der Waals surface area contributed by atoms with E-state index in [0.717, 1.165) is 0 Å². The summed E-state index contributed by atoms with van der Waals surface area (Å²) < 4.78 is 0. The second-order valence-corrected chi connectivity index (χ2v) is 3.50. The lowest BCUT2D eigenvalue weighted by Gasteiger charge is -2.14. The maximum Gasteiger partial charge on any atom is 0.0210 e. The molecule has 0 aromatic heterocycles. The molecule has 0 aromatic carbocycles. The molecule has 0 amide bonds. The SMILES string of the molecule is CCCCCC(CCCC)NN. The standard InChI is InChI=1S/C10H24N2/c1-3-5-7-9-10(12-11)8-6-4-2/h10,12H,3-9,11H2,1-2H3. The molecule has 0 aliphatic heterocycles. The molecule has 0 heterocycles. The Labute approximate surface area is 76.9 Å². The van der Waals surface area contributed by atoms with Crippen LogP contribution in [0.25, 0.3) is 0 Å². The summed E-state index contributed by atoms with van der Waals surface area (Å²) in [4.78, 5) is 0. The lowest BCUT2D eigenvalue weighted by Crippen LogP contribution is -2.34. The Morgan fingerprint density at radius 2 is 1.58 bits per heavy atom. The van der Waals surface area contributed by atoms with Gasteiger partial charge < -0.3 is 0 Å². The van der Waals surface area contributed by atoms with Crippen molar-refractivity contribution in [2.75, 3.05) is 0 Å². The zero-order chi connectivity index (χ0) is 9.23. The van der Waals surface area contributed by atoms with Crippen molar-refractivity contribution in [3.63, 3.8) is 0 Å². The van der Waals surface area contributed by atoms with Crippen molar-refractivity contribution in [3.05, 3.63) is 0 Å². The first-order valence-electron chi connectivity index (χ1n) is 5.31. The summed E-state index contributed by atoms with van der Waals surface area (Å²) in [6.07, 6.45) is 8.98. The van der Waals surface area contributed by atoms with E-state index in [0.29, 0.717) is 6.04 Å². The number of nitrogens with two attached hydrogens (primary N) is 1. The van der Waals surface area contributed by atoms with E-state index in [-0.39, 0.29) is 0 Å². The first kappa shape index (κ1) is 11.9. The molecule has 2 heteroatoms. The predicted octanol–water partition coefficient (Wildman–Crippen LogP) is 2.59. The molecule has 0 fully saturated rings. The molecule has 0 aliphatic rings. The van der Waals surface area contributed by atoms with Crippen LogP contribution < -0.4 is 11.3 Å². The normalized spacial score (nSPS) is 13.2. The number of nitrogens with one attached hydrogen (secondary N) is 1. The Balaban J connectivity index is 3.26. The van der Waals surface area contributed by atoms with Crippen molar-refractivity contribution in [1.29, 1.82) is 0 Å². The molecule has 0 radical (unpaired) electrons. The van der Waals surface area contributed by atoms with Crippen molar-refractivity contribution in [3.8, 4) is 0 Å². The van der Waals surface area contributed by atoms with E-state index in [1.165, 1.54) is 44.9 Å². The predicted molar refractivity (Wildman–Crippen MR) is 54.8 cm³/mol. The molecule has 0 aromatic rings. The van der Waals surface area contributed by atoms with Gasteiger partial charge in [0.05, 0.1) is 0 Å². The fraction of sp³-hybridized carbons (Fsp3) is 1.00. The van der Waals surface area contributed by atoms with Gasteiger partial charge in [0.15, 0.2) is 0 Å². The monoisotopic (exact) mass is 172 g/mol. The summed E-state index contributed by atoms with van der Waals surface area (Å²) in [7, 11) is 0. The summed E-state index contributed by atoms with van der Waals surface area (Å²) in [5, 5.41) is 0. The first-order valence-corrected chi connectivity index (χ1v) is 5.31. The van der Waals surface area contributed by atoms with Gasteiger partial charge in [0.25, 0.3) is 0 Å². The van der Waals surface area contributed by atoms with Crippen LogP contribution in [-0.2, 0) is 0 Å². The van der Waals surface area contributed by atoms with Gasteiger partial charge in [0.2, 0.25) is 0 Å². The van der Waals surface area contributed by atoms with Gasteiger partial charge in [0, 0.05) is 6.04 Å². The summed E-state index contributed by atoms with van der Waals surface area (Å²) >= 11 is 0. The Kier molecular flexibility index (Phi) is 8.95. The molecule has 1 atom stereocenters. The van der Waals surface area contributed by atoms with Crippen LogP contribution >= 0.6 is 0 Å². The maximum absolute atomic E-state index is 5.45. The van der Waals surface area contributed by atoms with Gasteiger partial charge in [-0.2, -0.15) is 0 Å². The van der Waals surface area contributed by atoms with E-state index in [4.69, 9.17) is 5.84 Å². The Morgan fingerprint density at radius 1 is 1.00 bits per heavy atom. The first-order chi connectivity index (χ1) is 5.85. The lowest BCUT2D eigenvalue weighted by atomic mass is 10.0. The molecule has 0 bridgehead atoms. The number of hydrogen-bond donors (Lipinski definition) is 2. The molecular weight excluding hydrogens is 148 g/mol. The Morgan fingerprint density at radius 3 is 2.08 bits per heavy atom. The van der Waals surface area contributed by atoms with E-state index in [1.54, 1.807) is 0 Å². The van der Waals surface area contributed by atoms with E-state index < -0.39 is 0 Å². The third-order valence-corrected chi connectivity index (χ3v) is 2.30. The topological polar surface area (TPSA) is 38.0 Å². The number of hydrazine groups is 1. The molecule has 3 N–H and O–H groups in total. The highest BCUT2D eigenvalue weighted by Crippen LogP contribution is 2.08. The largest absolute Gasteiger partial charge is 0.271 e. The van der Waals surface area contributed by atoms with Gasteiger partial charge in [-0.3, -0.25) is 11.3 Å². The van der Waals surface area contributed by atoms with Crippen LogP contribution in [0.1, 0.15) is 58.8 Å². The molecule has 2 nitrogen and oxygen atoms in total. The van der Waals surface area contributed by atoms with Crippen molar-refractivity contribution in [1.82, 2.24) is 5.43 Å². The highest BCUT2D eigenvalue weighted by molar-refractivity contribution is 4.62. The zero-order valence-corrected chi connectivity index (χ0v) is 8.60. The number of unbranched alkanes of at least 4 members (excludes halogenated alkanes) is 3. The lowest BCUT2D eigenvalue weighted by molar-refractivity contribution is 0.431. The van der Waals surface area contributed by atoms with E-state index >= 15 is 0 Å². The van der Waals surface area contributed by atoms with Gasteiger partial charge in [-0.15, -0.1) is 0 Å². The molecule has 0 saturated carbocycles. The van der Waals surface area contributed by atoms with Gasteiger partial charge >= 0.3 is 0 Å². The fourth-order valence-corrected chi connectivity index (χ4v) is 1.40. The molecule has 74 valence electrons. The minimum absolute atomic E-state index is 0.552. The molecule has 1 unspecified atom stereocenters. The quantitative estimate of drug-likeness (QED) is 0.335. The average Bonchev–Trinajstić information content (AvgIpc) is 2.11. The Hall–Kier alpha value is -0.0800. The Bertz CT molecular complexity index is 83.9. The van der Waals surface area contributed by atoms with Gasteiger partial charge in [-0.25, -0.2) is 0 Å². The van der Waals surface area contributed by atoms with Crippen LogP contribution in [-0.4, -0.2) is 6.04 Å². The van der Waals surface area contributed by atoms with Crippen LogP contribution in [0.5, 0.6) is 0 Å². The van der Waals surface area contributed by atoms with Crippen molar-refractivity contribution >= 4 is 0 Å². The molecule has 0 aliphatic carbocycles. The van der Waals surface area contributed by atoms with E-state index in [2.05, 4.69) is 19.3 Å².